The third-order valence-corrected chi connectivity index (χ3v) is 5.27. The number of benzene rings is 1. The van der Waals surface area contributed by atoms with E-state index in [1.165, 1.54) is 11.8 Å². The number of carbonyl (C=O) groups excluding carboxylic acids is 3. The highest BCUT2D eigenvalue weighted by Gasteiger charge is 2.20. The van der Waals surface area contributed by atoms with E-state index in [4.69, 9.17) is 13.9 Å². The molecule has 0 saturated carbocycles. The van der Waals surface area contributed by atoms with Crippen molar-refractivity contribution in [2.75, 3.05) is 38.7 Å². The van der Waals surface area contributed by atoms with Crippen molar-refractivity contribution in [2.45, 2.75) is 11.4 Å². The second-order valence-electron chi connectivity index (χ2n) is 6.21. The van der Waals surface area contributed by atoms with E-state index in [-0.39, 0.29) is 24.2 Å². The van der Waals surface area contributed by atoms with Crippen molar-refractivity contribution in [3.05, 3.63) is 54.0 Å². The van der Waals surface area contributed by atoms with Gasteiger partial charge in [-0.1, -0.05) is 12.1 Å². The van der Waals surface area contributed by atoms with Crippen molar-refractivity contribution >= 4 is 29.5 Å². The lowest BCUT2D eigenvalue weighted by Gasteiger charge is -2.26. The smallest absolute Gasteiger partial charge is 0.339 e. The fourth-order valence-electron chi connectivity index (χ4n) is 2.66. The van der Waals surface area contributed by atoms with Crippen LogP contribution >= 0.6 is 11.8 Å². The Morgan fingerprint density at radius 1 is 1.10 bits per heavy atom. The van der Waals surface area contributed by atoms with E-state index in [0.717, 1.165) is 0 Å². The highest BCUT2D eigenvalue weighted by Crippen LogP contribution is 2.23. The molecule has 1 aromatic heterocycles. The molecule has 2 heterocycles. The quantitative estimate of drug-likeness (QED) is 0.515. The summed E-state index contributed by atoms with van der Waals surface area (Å²) in [6.07, 6.45) is 1.54. The average Bonchev–Trinajstić information content (AvgIpc) is 3.29. The molecule has 2 amide bonds. The number of nitrogens with zero attached hydrogens (tertiary/aromatic N) is 1. The number of esters is 1. The zero-order valence-corrected chi connectivity index (χ0v) is 16.6. The molecule has 1 saturated heterocycles. The Balaban J connectivity index is 1.48. The summed E-state index contributed by atoms with van der Waals surface area (Å²) in [7, 11) is 0. The minimum Gasteiger partial charge on any atom is -0.467 e. The second-order valence-corrected chi connectivity index (χ2v) is 7.23. The van der Waals surface area contributed by atoms with E-state index in [9.17, 15) is 14.4 Å². The fourth-order valence-corrected chi connectivity index (χ4v) is 3.53. The monoisotopic (exact) mass is 418 g/mol. The maximum absolute atomic E-state index is 12.4. The number of morpholine rings is 1. The van der Waals surface area contributed by atoms with Gasteiger partial charge in [-0.2, -0.15) is 0 Å². The molecule has 154 valence electrons. The van der Waals surface area contributed by atoms with Gasteiger partial charge in [0.25, 0.3) is 5.91 Å². The Kier molecular flexibility index (Phi) is 7.71. The van der Waals surface area contributed by atoms with Gasteiger partial charge in [-0.3, -0.25) is 9.59 Å². The van der Waals surface area contributed by atoms with Gasteiger partial charge < -0.3 is 24.1 Å². The van der Waals surface area contributed by atoms with Gasteiger partial charge in [-0.25, -0.2) is 4.79 Å². The largest absolute Gasteiger partial charge is 0.467 e. The molecule has 0 atom stereocenters. The van der Waals surface area contributed by atoms with Gasteiger partial charge in [0.2, 0.25) is 5.91 Å². The van der Waals surface area contributed by atoms with Crippen LogP contribution in [0.25, 0.3) is 0 Å². The molecule has 1 fully saturated rings. The molecule has 1 aromatic carbocycles. The first-order valence-corrected chi connectivity index (χ1v) is 10.2. The second kappa shape index (κ2) is 10.7. The Labute approximate surface area is 172 Å². The summed E-state index contributed by atoms with van der Waals surface area (Å²) in [5, 5.41) is 2.75. The minimum absolute atomic E-state index is 0.137. The number of amides is 2. The molecule has 1 aliphatic heterocycles. The van der Waals surface area contributed by atoms with Crippen LogP contribution in [0.5, 0.6) is 0 Å². The lowest BCUT2D eigenvalue weighted by atomic mass is 10.2. The summed E-state index contributed by atoms with van der Waals surface area (Å²) < 4.78 is 15.6. The molecule has 29 heavy (non-hydrogen) atoms. The normalized spacial score (nSPS) is 13.7. The van der Waals surface area contributed by atoms with Crippen LogP contribution in [0.4, 0.5) is 0 Å². The van der Waals surface area contributed by atoms with E-state index < -0.39 is 5.97 Å². The Bertz CT molecular complexity index is 833. The zero-order valence-electron chi connectivity index (χ0n) is 15.8. The lowest BCUT2D eigenvalue weighted by Crippen LogP contribution is -2.42. The van der Waals surface area contributed by atoms with E-state index in [0.29, 0.717) is 49.1 Å². The summed E-state index contributed by atoms with van der Waals surface area (Å²) in [4.78, 5) is 38.8. The van der Waals surface area contributed by atoms with Crippen LogP contribution in [0.3, 0.4) is 0 Å². The molecule has 8 nitrogen and oxygen atoms in total. The van der Waals surface area contributed by atoms with E-state index in [1.807, 2.05) is 0 Å². The van der Waals surface area contributed by atoms with Crippen LogP contribution in [0.1, 0.15) is 16.1 Å². The Morgan fingerprint density at radius 2 is 1.90 bits per heavy atom. The molecule has 3 rings (SSSR count). The highest BCUT2D eigenvalue weighted by molar-refractivity contribution is 8.00. The molecule has 9 heteroatoms. The van der Waals surface area contributed by atoms with Crippen molar-refractivity contribution in [1.29, 1.82) is 0 Å². The van der Waals surface area contributed by atoms with Gasteiger partial charge in [-0.05, 0) is 24.3 Å². The van der Waals surface area contributed by atoms with E-state index in [2.05, 4.69) is 5.32 Å². The molecule has 2 aromatic rings. The first-order valence-electron chi connectivity index (χ1n) is 9.17. The van der Waals surface area contributed by atoms with Gasteiger partial charge in [-0.15, -0.1) is 11.8 Å². The van der Waals surface area contributed by atoms with Gasteiger partial charge >= 0.3 is 5.97 Å². The predicted molar refractivity (Wildman–Crippen MR) is 105 cm³/mol. The maximum atomic E-state index is 12.4. The first kappa shape index (κ1) is 20.9. The molecule has 1 N–H and O–H groups in total. The maximum Gasteiger partial charge on any atom is 0.339 e. The Morgan fingerprint density at radius 3 is 2.66 bits per heavy atom. The van der Waals surface area contributed by atoms with Crippen molar-refractivity contribution < 1.29 is 28.3 Å². The van der Waals surface area contributed by atoms with Crippen LogP contribution in [0.15, 0.2) is 52.0 Å². The summed E-state index contributed by atoms with van der Waals surface area (Å²) in [6, 6.07) is 10.4. The van der Waals surface area contributed by atoms with Crippen LogP contribution in [0, 0.1) is 0 Å². The number of rotatable bonds is 8. The predicted octanol–water partition coefficient (Wildman–Crippen LogP) is 1.70. The summed E-state index contributed by atoms with van der Waals surface area (Å²) in [5.41, 5.74) is 0.325. The van der Waals surface area contributed by atoms with Crippen molar-refractivity contribution in [3.8, 4) is 0 Å². The van der Waals surface area contributed by atoms with Crippen LogP contribution in [-0.4, -0.2) is 61.3 Å². The van der Waals surface area contributed by atoms with Crippen LogP contribution in [0.2, 0.25) is 0 Å². The molecule has 1 aliphatic rings. The third-order valence-electron chi connectivity index (χ3n) is 4.20. The highest BCUT2D eigenvalue weighted by atomic mass is 32.2. The number of hydrogen-bond donors (Lipinski definition) is 1. The van der Waals surface area contributed by atoms with Crippen molar-refractivity contribution in [2.24, 2.45) is 0 Å². The zero-order chi connectivity index (χ0) is 20.5. The summed E-state index contributed by atoms with van der Waals surface area (Å²) in [6.45, 7) is 1.95. The third kappa shape index (κ3) is 6.37. The minimum atomic E-state index is -0.592. The molecule has 0 aliphatic carbocycles. The standard InChI is InChI=1S/C20H22N2O6S/c23-18(21-12-15-4-3-9-27-15)14-29-17-6-2-1-5-16(17)20(25)28-13-19(24)22-7-10-26-11-8-22/h1-6,9H,7-8,10-14H2,(H,21,23). The van der Waals surface area contributed by atoms with Crippen LogP contribution in [-0.2, 0) is 25.6 Å². The molecule has 0 bridgehead atoms. The van der Waals surface area contributed by atoms with Crippen LogP contribution < -0.4 is 5.32 Å². The molecular formula is C20H22N2O6S. The number of hydrogen-bond acceptors (Lipinski definition) is 7. The topological polar surface area (TPSA) is 98.1 Å². The fraction of sp³-hybridized carbons (Fsp3) is 0.350. The number of thioether (sulfide) groups is 1. The Hall–Kier alpha value is -2.78. The van der Waals surface area contributed by atoms with E-state index in [1.54, 1.807) is 47.6 Å². The average molecular weight is 418 g/mol. The number of nitrogens with one attached hydrogen (secondary N) is 1. The van der Waals surface area contributed by atoms with Crippen molar-refractivity contribution in [3.63, 3.8) is 0 Å². The molecule has 0 unspecified atom stereocenters. The first-order chi connectivity index (χ1) is 14.1. The van der Waals surface area contributed by atoms with Gasteiger partial charge in [0, 0.05) is 18.0 Å². The van der Waals surface area contributed by atoms with E-state index >= 15 is 0 Å². The summed E-state index contributed by atoms with van der Waals surface area (Å²) >= 11 is 1.23. The lowest BCUT2D eigenvalue weighted by molar-refractivity contribution is -0.138. The van der Waals surface area contributed by atoms with Gasteiger partial charge in [0.15, 0.2) is 6.61 Å². The molecule has 0 spiro atoms. The molecular weight excluding hydrogens is 396 g/mol. The van der Waals surface area contributed by atoms with Gasteiger partial charge in [0.1, 0.15) is 5.76 Å². The van der Waals surface area contributed by atoms with Gasteiger partial charge in [0.05, 0.1) is 37.3 Å². The number of ether oxygens (including phenoxy) is 2. The number of carbonyl (C=O) groups is 3. The number of furan rings is 1. The summed E-state index contributed by atoms with van der Waals surface area (Å²) in [5.74, 6) is -0.221. The van der Waals surface area contributed by atoms with Crippen molar-refractivity contribution in [1.82, 2.24) is 10.2 Å². The molecule has 0 radical (unpaired) electrons. The SMILES string of the molecule is O=C(CSc1ccccc1C(=O)OCC(=O)N1CCOCC1)NCc1ccco1.